The van der Waals surface area contributed by atoms with Crippen molar-refractivity contribution < 1.29 is 0 Å². The van der Waals surface area contributed by atoms with Gasteiger partial charge in [0.15, 0.2) is 0 Å². The van der Waals surface area contributed by atoms with Crippen LogP contribution < -0.4 is 5.32 Å². The van der Waals surface area contributed by atoms with Gasteiger partial charge >= 0.3 is 0 Å². The smallest absolute Gasteiger partial charge is 0.0952 e. The van der Waals surface area contributed by atoms with Gasteiger partial charge in [-0.25, -0.2) is 0 Å². The molecule has 2 aromatic rings. The summed E-state index contributed by atoms with van der Waals surface area (Å²) < 4.78 is 0. The largest absolute Gasteiger partial charge is 0.317 e. The molecule has 2 N–H and O–H groups in total. The van der Waals surface area contributed by atoms with E-state index in [9.17, 15) is 0 Å². The first-order valence-corrected chi connectivity index (χ1v) is 6.48. The van der Waals surface area contributed by atoms with Crippen molar-refractivity contribution in [1.82, 2.24) is 15.5 Å². The zero-order valence-corrected chi connectivity index (χ0v) is 10.3. The highest BCUT2D eigenvalue weighted by atomic mass is 15.1. The second-order valence-electron chi connectivity index (χ2n) is 5.07. The zero-order chi connectivity index (χ0) is 11.7. The average molecular weight is 229 g/mol. The maximum Gasteiger partial charge on any atom is 0.0952 e. The van der Waals surface area contributed by atoms with Crippen molar-refractivity contribution >= 4 is 10.9 Å². The Kier molecular flexibility index (Phi) is 2.85. The Labute approximate surface area is 102 Å². The number of rotatable bonds is 2. The van der Waals surface area contributed by atoms with Crippen molar-refractivity contribution in [2.75, 3.05) is 13.1 Å². The second kappa shape index (κ2) is 4.49. The molecular formula is C14H19N3. The van der Waals surface area contributed by atoms with Crippen LogP contribution in [0.1, 0.15) is 24.1 Å². The Balaban J connectivity index is 1.87. The Bertz CT molecular complexity index is 509. The van der Waals surface area contributed by atoms with E-state index in [4.69, 9.17) is 0 Å². The minimum atomic E-state index is 0.806. The number of aryl methyl sites for hydroxylation is 1. The van der Waals surface area contributed by atoms with Gasteiger partial charge in [-0.2, -0.15) is 5.10 Å². The number of fused-ring (bicyclic) bond motifs is 1. The van der Waals surface area contributed by atoms with Gasteiger partial charge in [0.2, 0.25) is 0 Å². The normalized spacial score (nSPS) is 17.7. The molecule has 1 saturated heterocycles. The van der Waals surface area contributed by atoms with E-state index in [0.717, 1.165) is 30.9 Å². The van der Waals surface area contributed by atoms with Crippen LogP contribution in [-0.2, 0) is 6.42 Å². The first-order chi connectivity index (χ1) is 8.34. The van der Waals surface area contributed by atoms with Crippen molar-refractivity contribution in [3.63, 3.8) is 0 Å². The van der Waals surface area contributed by atoms with Crippen molar-refractivity contribution in [2.24, 2.45) is 5.92 Å². The number of nitrogens with one attached hydrogen (secondary N) is 2. The fraction of sp³-hybridized carbons (Fsp3) is 0.500. The molecule has 0 radical (unpaired) electrons. The van der Waals surface area contributed by atoms with Crippen molar-refractivity contribution in [3.05, 3.63) is 29.5 Å². The molecule has 0 aliphatic carbocycles. The number of para-hydroxylation sites is 1. The van der Waals surface area contributed by atoms with Gasteiger partial charge < -0.3 is 5.32 Å². The number of aromatic nitrogens is 2. The molecule has 0 atom stereocenters. The van der Waals surface area contributed by atoms with Crippen LogP contribution in [-0.4, -0.2) is 23.3 Å². The average Bonchev–Trinajstić information content (AvgIpc) is 2.76. The van der Waals surface area contributed by atoms with Crippen molar-refractivity contribution in [2.45, 2.75) is 26.2 Å². The van der Waals surface area contributed by atoms with Crippen LogP contribution in [0.4, 0.5) is 0 Å². The molecule has 1 aliphatic rings. The lowest BCUT2D eigenvalue weighted by Gasteiger charge is -2.21. The number of nitrogens with zero attached hydrogens (tertiary/aromatic N) is 1. The zero-order valence-electron chi connectivity index (χ0n) is 10.3. The summed E-state index contributed by atoms with van der Waals surface area (Å²) in [7, 11) is 0. The van der Waals surface area contributed by atoms with Gasteiger partial charge in [-0.3, -0.25) is 5.10 Å². The standard InChI is InChI=1S/C14H19N3/c1-10-3-2-4-12-13(16-17-14(10)12)9-11-5-7-15-8-6-11/h2-4,11,15H,5-9H2,1H3,(H,16,17). The number of H-pyrrole nitrogens is 1. The third-order valence-corrected chi connectivity index (χ3v) is 3.82. The van der Waals surface area contributed by atoms with Crippen LogP contribution in [0, 0.1) is 12.8 Å². The summed E-state index contributed by atoms with van der Waals surface area (Å²) >= 11 is 0. The monoisotopic (exact) mass is 229 g/mol. The van der Waals surface area contributed by atoms with Gasteiger partial charge in [0.25, 0.3) is 0 Å². The van der Waals surface area contributed by atoms with Gasteiger partial charge in [0, 0.05) is 11.1 Å². The molecule has 2 heterocycles. The molecule has 1 aromatic carbocycles. The van der Waals surface area contributed by atoms with Crippen LogP contribution in [0.5, 0.6) is 0 Å². The summed E-state index contributed by atoms with van der Waals surface area (Å²) in [5.41, 5.74) is 3.71. The number of piperidine rings is 1. The molecule has 3 nitrogen and oxygen atoms in total. The van der Waals surface area contributed by atoms with Gasteiger partial charge in [-0.15, -0.1) is 0 Å². The van der Waals surface area contributed by atoms with Crippen molar-refractivity contribution in [1.29, 1.82) is 0 Å². The number of benzene rings is 1. The summed E-state index contributed by atoms with van der Waals surface area (Å²) in [6.45, 7) is 4.45. The molecule has 0 bridgehead atoms. The molecule has 3 rings (SSSR count). The molecule has 3 heteroatoms. The van der Waals surface area contributed by atoms with Crippen LogP contribution in [0.2, 0.25) is 0 Å². The Morgan fingerprint density at radius 1 is 1.29 bits per heavy atom. The van der Waals surface area contributed by atoms with Gasteiger partial charge in [-0.05, 0) is 50.8 Å². The lowest BCUT2D eigenvalue weighted by atomic mass is 9.92. The Morgan fingerprint density at radius 2 is 2.12 bits per heavy atom. The van der Waals surface area contributed by atoms with E-state index < -0.39 is 0 Å². The van der Waals surface area contributed by atoms with Crippen LogP contribution in [0.15, 0.2) is 18.2 Å². The minimum absolute atomic E-state index is 0.806. The van der Waals surface area contributed by atoms with E-state index in [0.29, 0.717) is 0 Å². The summed E-state index contributed by atoms with van der Waals surface area (Å²) in [6, 6.07) is 6.43. The van der Waals surface area contributed by atoms with E-state index in [1.54, 1.807) is 0 Å². The number of hydrogen-bond donors (Lipinski definition) is 2. The van der Waals surface area contributed by atoms with Crippen LogP contribution >= 0.6 is 0 Å². The first kappa shape index (κ1) is 10.8. The van der Waals surface area contributed by atoms with E-state index in [1.165, 1.54) is 29.5 Å². The molecule has 0 unspecified atom stereocenters. The van der Waals surface area contributed by atoms with E-state index in [1.807, 2.05) is 0 Å². The van der Waals surface area contributed by atoms with Gasteiger partial charge in [-0.1, -0.05) is 18.2 Å². The molecule has 1 aromatic heterocycles. The summed E-state index contributed by atoms with van der Waals surface area (Å²) in [4.78, 5) is 0. The lowest BCUT2D eigenvalue weighted by Crippen LogP contribution is -2.28. The molecule has 0 saturated carbocycles. The Hall–Kier alpha value is -1.35. The molecule has 1 fully saturated rings. The maximum absolute atomic E-state index is 4.44. The fourth-order valence-electron chi connectivity index (χ4n) is 2.76. The molecule has 17 heavy (non-hydrogen) atoms. The van der Waals surface area contributed by atoms with E-state index >= 15 is 0 Å². The topological polar surface area (TPSA) is 40.7 Å². The number of hydrogen-bond acceptors (Lipinski definition) is 2. The predicted molar refractivity (Wildman–Crippen MR) is 70.1 cm³/mol. The highest BCUT2D eigenvalue weighted by Gasteiger charge is 2.16. The number of aromatic amines is 1. The maximum atomic E-state index is 4.44. The van der Waals surface area contributed by atoms with Crippen LogP contribution in [0.3, 0.4) is 0 Å². The molecule has 0 amide bonds. The second-order valence-corrected chi connectivity index (χ2v) is 5.07. The fourth-order valence-corrected chi connectivity index (χ4v) is 2.76. The predicted octanol–water partition coefficient (Wildman–Crippen LogP) is 2.41. The third kappa shape index (κ3) is 2.07. The highest BCUT2D eigenvalue weighted by Crippen LogP contribution is 2.24. The molecule has 90 valence electrons. The summed E-state index contributed by atoms with van der Waals surface area (Å²) in [6.07, 6.45) is 3.71. The molecule has 0 spiro atoms. The van der Waals surface area contributed by atoms with Gasteiger partial charge in [0.05, 0.1) is 5.52 Å². The summed E-state index contributed by atoms with van der Waals surface area (Å²) in [5.74, 6) is 0.806. The van der Waals surface area contributed by atoms with Gasteiger partial charge in [0.1, 0.15) is 0 Å². The van der Waals surface area contributed by atoms with Crippen LogP contribution in [0.25, 0.3) is 10.9 Å². The third-order valence-electron chi connectivity index (χ3n) is 3.82. The lowest BCUT2D eigenvalue weighted by molar-refractivity contribution is 0.370. The molecular weight excluding hydrogens is 210 g/mol. The summed E-state index contributed by atoms with van der Waals surface area (Å²) in [5, 5.41) is 12.4. The molecule has 1 aliphatic heterocycles. The van der Waals surface area contributed by atoms with Crippen molar-refractivity contribution in [3.8, 4) is 0 Å². The Morgan fingerprint density at radius 3 is 2.94 bits per heavy atom. The quantitative estimate of drug-likeness (QED) is 0.830. The van der Waals surface area contributed by atoms with E-state index in [-0.39, 0.29) is 0 Å². The first-order valence-electron chi connectivity index (χ1n) is 6.48. The minimum Gasteiger partial charge on any atom is -0.317 e. The highest BCUT2D eigenvalue weighted by molar-refractivity contribution is 5.84. The van der Waals surface area contributed by atoms with E-state index in [2.05, 4.69) is 40.6 Å². The SMILES string of the molecule is Cc1cccc2c(CC3CCNCC3)[nH]nc12.